The lowest BCUT2D eigenvalue weighted by atomic mass is 10.0. The number of carbonyl (C=O) groups is 8. The molecule has 368 valence electrons. The number of aromatic nitrogens is 1. The van der Waals surface area contributed by atoms with E-state index in [9.17, 15) is 69.6 Å². The summed E-state index contributed by atoms with van der Waals surface area (Å²) in [5, 5.41) is 29.3. The number of rotatable bonds is 17. The number of unbranched alkanes of at least 4 members (excludes halogenated alkanes) is 1. The van der Waals surface area contributed by atoms with Crippen molar-refractivity contribution in [3.05, 3.63) is 53.7 Å². The second kappa shape index (κ2) is 26.1. The van der Waals surface area contributed by atoms with Gasteiger partial charge in [0.1, 0.15) is 34.9 Å². The molecule has 7 amide bonds. The number of guanidine groups is 1. The molecule has 1 aliphatic heterocycles. The summed E-state index contributed by atoms with van der Waals surface area (Å²) in [6, 6.07) is 2.52. The van der Waals surface area contributed by atoms with Crippen LogP contribution < -0.4 is 48.4 Å². The molecule has 0 spiro atoms. The highest BCUT2D eigenvalue weighted by atomic mass is 32.2. The molecule has 0 bridgehead atoms. The van der Waals surface area contributed by atoms with E-state index in [2.05, 4.69) is 52.4 Å². The summed E-state index contributed by atoms with van der Waals surface area (Å²) in [6.45, 7) is 2.06. The van der Waals surface area contributed by atoms with Crippen molar-refractivity contribution in [3.63, 3.8) is 0 Å². The van der Waals surface area contributed by atoms with Gasteiger partial charge in [-0.25, -0.2) is 4.98 Å². The van der Waals surface area contributed by atoms with Gasteiger partial charge in [-0.15, -0.1) is 0 Å². The zero-order valence-corrected chi connectivity index (χ0v) is 36.1. The fourth-order valence-electron chi connectivity index (χ4n) is 5.86. The molecule has 67 heavy (non-hydrogen) atoms. The zero-order valence-electron chi connectivity index (χ0n) is 35.3. The fourth-order valence-corrected chi connectivity index (χ4v) is 6.53. The lowest BCUT2D eigenvalue weighted by Crippen LogP contribution is -2.59. The van der Waals surface area contributed by atoms with Crippen molar-refractivity contribution in [2.75, 3.05) is 25.1 Å². The summed E-state index contributed by atoms with van der Waals surface area (Å²) in [4.78, 5) is 110. The van der Waals surface area contributed by atoms with Crippen LogP contribution >= 0.6 is 0 Å². The molecule has 4 atom stereocenters. The van der Waals surface area contributed by atoms with E-state index in [-0.39, 0.29) is 74.5 Å². The molecule has 1 saturated heterocycles. The zero-order chi connectivity index (χ0) is 49.2. The Morgan fingerprint density at radius 1 is 0.910 bits per heavy atom. The van der Waals surface area contributed by atoms with Gasteiger partial charge in [0.25, 0.3) is 16.0 Å². The summed E-state index contributed by atoms with van der Waals surface area (Å²) in [7, 11) is -4.50. The SMILES string of the molecule is C.CC(C)[C@H]1NC(=O)[C@H](CCCCNC(=O)c2ccc(N/N=C/c3ccccc3S(=O)(=O)O)nc2)NC(=O)[C@H](CC(=O)O)NC(=O)CNC(=O)[C@H](CCCN=C(N)NC(=O)C(F)(F)F)NC1=O. The molecule has 0 unspecified atom stereocenters. The van der Waals surface area contributed by atoms with Gasteiger partial charge in [-0.05, 0) is 56.2 Å². The van der Waals surface area contributed by atoms with Crippen molar-refractivity contribution in [2.24, 2.45) is 21.7 Å². The number of nitrogens with one attached hydrogen (secondary N) is 8. The first-order chi connectivity index (χ1) is 31.0. The number of aliphatic imine (C=N–C) groups is 1. The van der Waals surface area contributed by atoms with Gasteiger partial charge in [0.15, 0.2) is 5.96 Å². The fraction of sp³-hybridized carbons (Fsp3) is 0.462. The average Bonchev–Trinajstić information content (AvgIpc) is 3.23. The minimum absolute atomic E-state index is 0. The second-order valence-electron chi connectivity index (χ2n) is 14.7. The van der Waals surface area contributed by atoms with Crippen molar-refractivity contribution in [1.29, 1.82) is 0 Å². The molecule has 0 radical (unpaired) electrons. The number of carboxylic acids is 1. The maximum atomic E-state index is 13.7. The molecular formula is C39H53F3N12O12S. The number of aliphatic carboxylic acids is 1. The summed E-state index contributed by atoms with van der Waals surface area (Å²) in [5.41, 5.74) is 8.15. The van der Waals surface area contributed by atoms with Crippen molar-refractivity contribution >= 4 is 75.4 Å². The highest BCUT2D eigenvalue weighted by molar-refractivity contribution is 7.86. The Bertz CT molecular complexity index is 2280. The molecule has 1 fully saturated rings. The summed E-state index contributed by atoms with van der Waals surface area (Å²) >= 11 is 0. The molecule has 12 N–H and O–H groups in total. The van der Waals surface area contributed by atoms with Crippen LogP contribution in [0.15, 0.2) is 57.6 Å². The van der Waals surface area contributed by atoms with Gasteiger partial charge in [-0.1, -0.05) is 39.5 Å². The number of hydrazone groups is 1. The van der Waals surface area contributed by atoms with Gasteiger partial charge >= 0.3 is 18.1 Å². The van der Waals surface area contributed by atoms with Crippen LogP contribution in [0.1, 0.15) is 75.7 Å². The Morgan fingerprint density at radius 2 is 1.55 bits per heavy atom. The number of halogens is 3. The molecule has 3 rings (SSSR count). The Hall–Kier alpha value is -7.23. The molecular weight excluding hydrogens is 918 g/mol. The van der Waals surface area contributed by atoms with E-state index in [1.807, 2.05) is 0 Å². The van der Waals surface area contributed by atoms with E-state index < -0.39 is 113 Å². The van der Waals surface area contributed by atoms with Crippen LogP contribution in [0, 0.1) is 5.92 Å². The summed E-state index contributed by atoms with van der Waals surface area (Å²) in [5.74, 6) is -10.5. The molecule has 1 aliphatic rings. The predicted molar refractivity (Wildman–Crippen MR) is 232 cm³/mol. The molecule has 24 nitrogen and oxygen atoms in total. The first kappa shape index (κ1) is 55.9. The number of amides is 7. The maximum absolute atomic E-state index is 13.7. The number of anilines is 1. The second-order valence-corrected chi connectivity index (χ2v) is 16.1. The number of nitrogens with two attached hydrogens (primary N) is 1. The van der Waals surface area contributed by atoms with Crippen molar-refractivity contribution in [1.82, 2.24) is 42.2 Å². The van der Waals surface area contributed by atoms with Gasteiger partial charge in [0.2, 0.25) is 29.5 Å². The van der Waals surface area contributed by atoms with Crippen molar-refractivity contribution in [3.8, 4) is 0 Å². The largest absolute Gasteiger partial charge is 0.481 e. The van der Waals surface area contributed by atoms with Crippen LogP contribution in [0.4, 0.5) is 19.0 Å². The highest BCUT2D eigenvalue weighted by Gasteiger charge is 2.39. The smallest absolute Gasteiger partial charge is 0.471 e. The maximum Gasteiger partial charge on any atom is 0.471 e. The van der Waals surface area contributed by atoms with Crippen LogP contribution in [0.25, 0.3) is 0 Å². The number of alkyl halides is 3. The molecule has 28 heteroatoms. The minimum atomic E-state index is -5.23. The predicted octanol–water partition coefficient (Wildman–Crippen LogP) is -0.716. The third-order valence-electron chi connectivity index (χ3n) is 9.21. The quantitative estimate of drug-likeness (QED) is 0.0307. The minimum Gasteiger partial charge on any atom is -0.481 e. The normalized spacial score (nSPS) is 19.0. The summed E-state index contributed by atoms with van der Waals surface area (Å²) in [6.07, 6.45) is -3.83. The lowest BCUT2D eigenvalue weighted by Gasteiger charge is -2.27. The van der Waals surface area contributed by atoms with Gasteiger partial charge in [0.05, 0.1) is 24.7 Å². The van der Waals surface area contributed by atoms with E-state index >= 15 is 0 Å². The number of pyridine rings is 1. The highest BCUT2D eigenvalue weighted by Crippen LogP contribution is 2.15. The van der Waals surface area contributed by atoms with E-state index in [1.54, 1.807) is 19.9 Å². The van der Waals surface area contributed by atoms with E-state index in [0.717, 1.165) is 6.21 Å². The topological polar surface area (TPSA) is 371 Å². The van der Waals surface area contributed by atoms with Crippen LogP contribution in [0.2, 0.25) is 0 Å². The molecule has 0 aliphatic carbocycles. The molecule has 1 aromatic carbocycles. The van der Waals surface area contributed by atoms with E-state index in [0.29, 0.717) is 0 Å². The number of hydrogen-bond donors (Lipinski definition) is 11. The van der Waals surface area contributed by atoms with Crippen LogP contribution in [0.3, 0.4) is 0 Å². The number of hydrogen-bond acceptors (Lipinski definition) is 14. The van der Waals surface area contributed by atoms with Crippen molar-refractivity contribution < 1.29 is 69.6 Å². The van der Waals surface area contributed by atoms with Crippen LogP contribution in [-0.2, 0) is 43.7 Å². The van der Waals surface area contributed by atoms with E-state index in [1.165, 1.54) is 41.8 Å². The Labute approximate surface area is 382 Å². The molecule has 0 saturated carbocycles. The first-order valence-corrected chi connectivity index (χ1v) is 21.4. The monoisotopic (exact) mass is 970 g/mol. The summed E-state index contributed by atoms with van der Waals surface area (Å²) < 4.78 is 70.2. The third kappa shape index (κ3) is 19.0. The Kier molecular flexibility index (Phi) is 21.7. The third-order valence-corrected chi connectivity index (χ3v) is 10.1. The van der Waals surface area contributed by atoms with Crippen LogP contribution in [-0.4, -0.2) is 133 Å². The standard InChI is InChI=1S/C38H49F3N12O12S.CH4/c1-20(2)30-35(61)50-23(10-7-15-44-37(42)52-36(62)38(39,40)41)32(58)46-19-28(54)48-25(16-29(55)56)34(60)49-24(33(59)51-30)9-5-6-14-43-31(57)22-12-13-27(45-17-22)53-47-18-21-8-3-4-11-26(21)66(63,64)65;/h3-4,8,11-13,17-18,20,23-25,30H,5-7,9-10,14-16,19H2,1-2H3,(H,43,57)(H,45,53)(H,46,58)(H,48,54)(H,49,60)(H,50,61)(H,51,59)(H,55,56)(H,63,64,65)(H3,42,44,52,62);1H4/b47-18+;/t23-,24-,25-,30+;/m0./s1. The molecule has 2 aromatic rings. The lowest BCUT2D eigenvalue weighted by molar-refractivity contribution is -0.171. The van der Waals surface area contributed by atoms with Gasteiger partial charge in [-0.2, -0.15) is 26.7 Å². The first-order valence-electron chi connectivity index (χ1n) is 19.9. The Morgan fingerprint density at radius 3 is 2.18 bits per heavy atom. The number of benzene rings is 1. The number of carboxylic acid groups (broad SMARTS) is 1. The average molecular weight is 971 g/mol. The van der Waals surface area contributed by atoms with Gasteiger partial charge in [-0.3, -0.25) is 58.6 Å². The van der Waals surface area contributed by atoms with E-state index in [4.69, 9.17) is 5.73 Å². The Balaban J connectivity index is 0.0000154. The molecule has 1 aromatic heterocycles. The van der Waals surface area contributed by atoms with Crippen molar-refractivity contribution in [2.45, 2.75) is 95.0 Å². The van der Waals surface area contributed by atoms with Crippen LogP contribution in [0.5, 0.6) is 0 Å². The van der Waals surface area contributed by atoms with Gasteiger partial charge in [0, 0.05) is 24.8 Å². The molecule has 2 heterocycles. The number of nitrogens with zero attached hydrogens (tertiary/aromatic N) is 3. The van der Waals surface area contributed by atoms with Gasteiger partial charge < -0.3 is 42.7 Å². The number of carbonyl (C=O) groups excluding carboxylic acids is 7.